The van der Waals surface area contributed by atoms with E-state index in [2.05, 4.69) is 15.5 Å². The van der Waals surface area contributed by atoms with Crippen molar-refractivity contribution >= 4 is 34.3 Å². The Hall–Kier alpha value is -3.22. The van der Waals surface area contributed by atoms with Crippen LogP contribution in [0.5, 0.6) is 5.75 Å². The van der Waals surface area contributed by atoms with Gasteiger partial charge in [-0.1, -0.05) is 41.9 Å². The summed E-state index contributed by atoms with van der Waals surface area (Å²) in [5, 5.41) is 7.62. The molecule has 30 heavy (non-hydrogen) atoms. The summed E-state index contributed by atoms with van der Waals surface area (Å²) < 4.78 is 18.6. The number of nitrogens with one attached hydrogen (secondary N) is 1. The summed E-state index contributed by atoms with van der Waals surface area (Å²) in [5.74, 6) is 0.423. The Morgan fingerprint density at radius 1 is 1.00 bits per heavy atom. The Morgan fingerprint density at radius 2 is 1.70 bits per heavy atom. The van der Waals surface area contributed by atoms with Gasteiger partial charge in [-0.15, -0.1) is 11.3 Å². The third kappa shape index (κ3) is 4.67. The minimum Gasteiger partial charge on any atom is -0.496 e. The van der Waals surface area contributed by atoms with Crippen molar-refractivity contribution in [3.05, 3.63) is 88.5 Å². The van der Waals surface area contributed by atoms with Gasteiger partial charge in [0.25, 0.3) is 0 Å². The molecule has 1 aromatic heterocycles. The number of hydrogen-bond acceptors (Lipinski definition) is 5. The number of halogens is 2. The fourth-order valence-corrected chi connectivity index (χ4v) is 3.69. The van der Waals surface area contributed by atoms with Crippen LogP contribution >= 0.6 is 22.9 Å². The van der Waals surface area contributed by atoms with Crippen LogP contribution in [0.25, 0.3) is 22.4 Å². The van der Waals surface area contributed by atoms with Crippen LogP contribution in [0.15, 0.2) is 77.2 Å². The first-order valence-electron chi connectivity index (χ1n) is 9.07. The molecule has 3 aromatic carbocycles. The van der Waals surface area contributed by atoms with Crippen molar-refractivity contribution in [1.29, 1.82) is 0 Å². The van der Waals surface area contributed by atoms with Crippen molar-refractivity contribution in [1.82, 2.24) is 4.98 Å². The number of anilines is 1. The molecule has 0 saturated carbocycles. The number of aromatic nitrogens is 1. The molecule has 0 unspecified atom stereocenters. The lowest BCUT2D eigenvalue weighted by Gasteiger charge is -2.08. The molecule has 0 atom stereocenters. The number of benzene rings is 3. The molecule has 0 radical (unpaired) electrons. The quantitative estimate of drug-likeness (QED) is 0.269. The minimum absolute atomic E-state index is 0.264. The Morgan fingerprint density at radius 3 is 2.43 bits per heavy atom. The van der Waals surface area contributed by atoms with E-state index in [0.29, 0.717) is 15.9 Å². The summed E-state index contributed by atoms with van der Waals surface area (Å²) in [6.07, 6.45) is 1.68. The zero-order valence-electron chi connectivity index (χ0n) is 16.0. The fourth-order valence-electron chi connectivity index (χ4n) is 2.89. The predicted octanol–water partition coefficient (Wildman–Crippen LogP) is 6.72. The van der Waals surface area contributed by atoms with Gasteiger partial charge in [0.2, 0.25) is 5.13 Å². The van der Waals surface area contributed by atoms with Crippen molar-refractivity contribution in [3.63, 3.8) is 0 Å². The maximum atomic E-state index is 13.2. The predicted molar refractivity (Wildman–Crippen MR) is 122 cm³/mol. The van der Waals surface area contributed by atoms with E-state index in [1.165, 1.54) is 23.5 Å². The molecule has 0 fully saturated rings. The van der Waals surface area contributed by atoms with Gasteiger partial charge in [-0.2, -0.15) is 5.10 Å². The lowest BCUT2D eigenvalue weighted by atomic mass is 10.0. The molecule has 0 aliphatic heterocycles. The van der Waals surface area contributed by atoms with Crippen LogP contribution in [0.4, 0.5) is 9.52 Å². The van der Waals surface area contributed by atoms with Crippen LogP contribution < -0.4 is 10.2 Å². The largest absolute Gasteiger partial charge is 0.496 e. The molecule has 4 nitrogen and oxygen atoms in total. The molecular weight excluding hydrogens is 421 g/mol. The molecule has 1 N–H and O–H groups in total. The second kappa shape index (κ2) is 9.07. The second-order valence-corrected chi connectivity index (χ2v) is 7.67. The second-order valence-electron chi connectivity index (χ2n) is 6.38. The number of ether oxygens (including phenoxy) is 1. The molecule has 0 saturated heterocycles. The number of thiazole rings is 1. The van der Waals surface area contributed by atoms with Gasteiger partial charge in [0, 0.05) is 21.5 Å². The molecule has 7 heteroatoms. The van der Waals surface area contributed by atoms with Crippen molar-refractivity contribution in [2.45, 2.75) is 0 Å². The highest BCUT2D eigenvalue weighted by molar-refractivity contribution is 7.14. The summed E-state index contributed by atoms with van der Waals surface area (Å²) in [6, 6.07) is 19.6. The summed E-state index contributed by atoms with van der Waals surface area (Å²) in [4.78, 5) is 4.54. The van der Waals surface area contributed by atoms with Crippen LogP contribution in [-0.2, 0) is 0 Å². The maximum Gasteiger partial charge on any atom is 0.203 e. The maximum absolute atomic E-state index is 13.2. The Kier molecular flexibility index (Phi) is 6.07. The standard InChI is InChI=1S/C23H17ClFN3OS/c1-29-22-11-6-17(15-4-9-20(25)10-5-15)12-18(22)13-26-28-23-27-21(14-30-23)16-2-7-19(24)8-3-16/h2-14H,1H3,(H,27,28)/b26-13+. The van der Waals surface area contributed by atoms with E-state index in [1.54, 1.807) is 25.5 Å². The van der Waals surface area contributed by atoms with E-state index < -0.39 is 0 Å². The lowest BCUT2D eigenvalue weighted by Crippen LogP contribution is -1.95. The van der Waals surface area contributed by atoms with E-state index >= 15 is 0 Å². The van der Waals surface area contributed by atoms with Crippen LogP contribution in [0.1, 0.15) is 5.56 Å². The van der Waals surface area contributed by atoms with Gasteiger partial charge in [0.15, 0.2) is 0 Å². The first-order chi connectivity index (χ1) is 14.6. The summed E-state index contributed by atoms with van der Waals surface area (Å²) in [5.41, 5.74) is 7.44. The van der Waals surface area contributed by atoms with Crippen molar-refractivity contribution in [3.8, 4) is 28.1 Å². The summed E-state index contributed by atoms with van der Waals surface area (Å²) in [6.45, 7) is 0. The molecular formula is C23H17ClFN3OS. The van der Waals surface area contributed by atoms with E-state index in [4.69, 9.17) is 16.3 Å². The molecule has 4 rings (SSSR count). The van der Waals surface area contributed by atoms with Gasteiger partial charge in [-0.25, -0.2) is 9.37 Å². The Balaban J connectivity index is 1.51. The summed E-state index contributed by atoms with van der Waals surface area (Å²) in [7, 11) is 1.61. The van der Waals surface area contributed by atoms with Crippen molar-refractivity contribution in [2.75, 3.05) is 12.5 Å². The molecule has 0 aliphatic carbocycles. The lowest BCUT2D eigenvalue weighted by molar-refractivity contribution is 0.414. The molecule has 0 bridgehead atoms. The molecule has 0 spiro atoms. The summed E-state index contributed by atoms with van der Waals surface area (Å²) >= 11 is 7.40. The molecule has 0 aliphatic rings. The van der Waals surface area contributed by atoms with E-state index in [1.807, 2.05) is 47.8 Å². The first kappa shape index (κ1) is 20.1. The highest BCUT2D eigenvalue weighted by Crippen LogP contribution is 2.27. The van der Waals surface area contributed by atoms with Crippen LogP contribution in [0.3, 0.4) is 0 Å². The SMILES string of the molecule is COc1ccc(-c2ccc(F)cc2)cc1/C=N/Nc1nc(-c2ccc(Cl)cc2)cs1. The smallest absolute Gasteiger partial charge is 0.203 e. The molecule has 150 valence electrons. The van der Waals surface area contributed by atoms with Crippen LogP contribution in [0.2, 0.25) is 5.02 Å². The fraction of sp³-hybridized carbons (Fsp3) is 0.0435. The van der Waals surface area contributed by atoms with Crippen LogP contribution in [0, 0.1) is 5.82 Å². The normalized spacial score (nSPS) is 11.0. The average Bonchev–Trinajstić information content (AvgIpc) is 3.23. The van der Waals surface area contributed by atoms with Crippen molar-refractivity contribution in [2.24, 2.45) is 5.10 Å². The number of methoxy groups -OCH3 is 1. The molecule has 0 amide bonds. The zero-order chi connectivity index (χ0) is 20.9. The number of hydrazone groups is 1. The van der Waals surface area contributed by atoms with Gasteiger partial charge >= 0.3 is 0 Å². The number of nitrogens with zero attached hydrogens (tertiary/aromatic N) is 2. The third-order valence-electron chi connectivity index (χ3n) is 4.42. The molecule has 4 aromatic rings. The van der Waals surface area contributed by atoms with Gasteiger partial charge in [0.05, 0.1) is 19.0 Å². The first-order valence-corrected chi connectivity index (χ1v) is 10.3. The average molecular weight is 438 g/mol. The topological polar surface area (TPSA) is 46.5 Å². The highest BCUT2D eigenvalue weighted by atomic mass is 35.5. The van der Waals surface area contributed by atoms with Crippen molar-refractivity contribution < 1.29 is 9.13 Å². The van der Waals surface area contributed by atoms with E-state index in [9.17, 15) is 4.39 Å². The van der Waals surface area contributed by atoms with Gasteiger partial charge in [0.1, 0.15) is 11.6 Å². The highest BCUT2D eigenvalue weighted by Gasteiger charge is 2.06. The number of rotatable bonds is 6. The molecule has 1 heterocycles. The van der Waals surface area contributed by atoms with Gasteiger partial charge in [-0.3, -0.25) is 5.43 Å². The number of hydrogen-bond donors (Lipinski definition) is 1. The van der Waals surface area contributed by atoms with Gasteiger partial charge in [-0.05, 0) is 47.5 Å². The third-order valence-corrected chi connectivity index (χ3v) is 5.41. The zero-order valence-corrected chi connectivity index (χ0v) is 17.5. The van der Waals surface area contributed by atoms with Gasteiger partial charge < -0.3 is 4.74 Å². The Labute approximate surface area is 182 Å². The minimum atomic E-state index is -0.264. The Bertz CT molecular complexity index is 1170. The van der Waals surface area contributed by atoms with E-state index in [-0.39, 0.29) is 5.82 Å². The van der Waals surface area contributed by atoms with E-state index in [0.717, 1.165) is 27.9 Å². The van der Waals surface area contributed by atoms with Crippen LogP contribution in [-0.4, -0.2) is 18.3 Å². The monoisotopic (exact) mass is 437 g/mol.